The Labute approximate surface area is 148 Å². The average molecular weight is 365 g/mol. The molecular weight excluding hydrogens is 340 g/mol. The number of rotatable bonds is 5. The fourth-order valence-corrected chi connectivity index (χ4v) is 6.01. The first-order valence-electron chi connectivity index (χ1n) is 8.37. The van der Waals surface area contributed by atoms with Crippen LogP contribution in [0.2, 0.25) is 0 Å². The van der Waals surface area contributed by atoms with E-state index >= 15 is 0 Å². The van der Waals surface area contributed by atoms with Gasteiger partial charge in [0.25, 0.3) is 10.0 Å². The van der Waals surface area contributed by atoms with E-state index in [9.17, 15) is 8.42 Å². The Bertz CT molecular complexity index is 771. The van der Waals surface area contributed by atoms with Gasteiger partial charge in [0.05, 0.1) is 0 Å². The van der Waals surface area contributed by atoms with Gasteiger partial charge >= 0.3 is 0 Å². The molecule has 3 rings (SSSR count). The maximum absolute atomic E-state index is 12.8. The van der Waals surface area contributed by atoms with E-state index in [-0.39, 0.29) is 6.04 Å². The van der Waals surface area contributed by atoms with Crippen LogP contribution in [0.3, 0.4) is 0 Å². The molecule has 0 spiro atoms. The summed E-state index contributed by atoms with van der Waals surface area (Å²) >= 11 is 1.39. The molecule has 2 heterocycles. The van der Waals surface area contributed by atoms with Crippen LogP contribution in [-0.4, -0.2) is 43.3 Å². The van der Waals surface area contributed by atoms with Crippen molar-refractivity contribution in [2.75, 3.05) is 19.6 Å². The molecule has 1 aliphatic rings. The van der Waals surface area contributed by atoms with Crippen LogP contribution in [0.4, 0.5) is 0 Å². The first-order valence-corrected chi connectivity index (χ1v) is 10.6. The SMILES string of the molecule is CCc1ccc(S(=O)(=O)N2CCN(Cc3ccccc3)C(C)C2)s1. The molecule has 130 valence electrons. The second kappa shape index (κ2) is 7.35. The van der Waals surface area contributed by atoms with Gasteiger partial charge < -0.3 is 0 Å². The molecule has 0 N–H and O–H groups in total. The summed E-state index contributed by atoms with van der Waals surface area (Å²) in [6, 6.07) is 14.2. The second-order valence-corrected chi connectivity index (χ2v) is 9.58. The molecule has 0 saturated carbocycles. The van der Waals surface area contributed by atoms with E-state index in [0.717, 1.165) is 24.4 Å². The van der Waals surface area contributed by atoms with Crippen LogP contribution >= 0.6 is 11.3 Å². The van der Waals surface area contributed by atoms with Crippen molar-refractivity contribution in [3.05, 3.63) is 52.9 Å². The largest absolute Gasteiger partial charge is 0.294 e. The molecule has 1 aromatic heterocycles. The minimum atomic E-state index is -3.36. The topological polar surface area (TPSA) is 40.6 Å². The molecule has 0 aliphatic carbocycles. The summed E-state index contributed by atoms with van der Waals surface area (Å²) in [5.41, 5.74) is 1.27. The Balaban J connectivity index is 1.68. The minimum Gasteiger partial charge on any atom is -0.294 e. The van der Waals surface area contributed by atoms with Crippen LogP contribution in [0.15, 0.2) is 46.7 Å². The Hall–Kier alpha value is -1.21. The maximum atomic E-state index is 12.8. The quantitative estimate of drug-likeness (QED) is 0.818. The third kappa shape index (κ3) is 3.72. The monoisotopic (exact) mass is 364 g/mol. The highest BCUT2D eigenvalue weighted by Crippen LogP contribution is 2.27. The van der Waals surface area contributed by atoms with Crippen LogP contribution in [-0.2, 0) is 23.0 Å². The number of piperazine rings is 1. The van der Waals surface area contributed by atoms with Gasteiger partial charge in [0.15, 0.2) is 0 Å². The number of hydrogen-bond donors (Lipinski definition) is 0. The number of sulfonamides is 1. The van der Waals surface area contributed by atoms with Crippen molar-refractivity contribution in [1.82, 2.24) is 9.21 Å². The molecule has 4 nitrogen and oxygen atoms in total. The summed E-state index contributed by atoms with van der Waals surface area (Å²) in [7, 11) is -3.36. The predicted molar refractivity (Wildman–Crippen MR) is 98.8 cm³/mol. The van der Waals surface area contributed by atoms with Crippen molar-refractivity contribution in [2.24, 2.45) is 0 Å². The lowest BCUT2D eigenvalue weighted by molar-refractivity contribution is 0.122. The van der Waals surface area contributed by atoms with E-state index in [1.54, 1.807) is 10.4 Å². The van der Waals surface area contributed by atoms with Crippen molar-refractivity contribution >= 4 is 21.4 Å². The maximum Gasteiger partial charge on any atom is 0.252 e. The number of thiophene rings is 1. The van der Waals surface area contributed by atoms with Crippen LogP contribution in [0.5, 0.6) is 0 Å². The molecule has 1 aliphatic heterocycles. The zero-order valence-electron chi connectivity index (χ0n) is 14.2. The second-order valence-electron chi connectivity index (χ2n) is 6.24. The van der Waals surface area contributed by atoms with E-state index in [4.69, 9.17) is 0 Å². The summed E-state index contributed by atoms with van der Waals surface area (Å²) in [6.07, 6.45) is 0.876. The highest BCUT2D eigenvalue weighted by atomic mass is 32.2. The summed E-state index contributed by atoms with van der Waals surface area (Å²) < 4.78 is 27.8. The third-order valence-electron chi connectivity index (χ3n) is 4.54. The van der Waals surface area contributed by atoms with E-state index in [2.05, 4.69) is 24.0 Å². The summed E-state index contributed by atoms with van der Waals surface area (Å²) in [5, 5.41) is 0. The van der Waals surface area contributed by atoms with Gasteiger partial charge in [0.1, 0.15) is 4.21 Å². The number of aryl methyl sites for hydroxylation is 1. The molecule has 1 aromatic carbocycles. The van der Waals surface area contributed by atoms with Gasteiger partial charge in [0.2, 0.25) is 0 Å². The number of hydrogen-bond acceptors (Lipinski definition) is 4. The highest BCUT2D eigenvalue weighted by Gasteiger charge is 2.32. The smallest absolute Gasteiger partial charge is 0.252 e. The lowest BCUT2D eigenvalue weighted by Crippen LogP contribution is -2.52. The van der Waals surface area contributed by atoms with Gasteiger partial charge in [0, 0.05) is 37.1 Å². The van der Waals surface area contributed by atoms with E-state index in [1.165, 1.54) is 16.9 Å². The van der Waals surface area contributed by atoms with Gasteiger partial charge in [-0.15, -0.1) is 11.3 Å². The van der Waals surface area contributed by atoms with Crippen molar-refractivity contribution in [3.63, 3.8) is 0 Å². The lowest BCUT2D eigenvalue weighted by atomic mass is 10.1. The molecule has 0 bridgehead atoms. The van der Waals surface area contributed by atoms with Gasteiger partial charge in [-0.05, 0) is 31.0 Å². The van der Waals surface area contributed by atoms with Crippen LogP contribution in [0.1, 0.15) is 24.3 Å². The number of benzene rings is 1. The van der Waals surface area contributed by atoms with Crippen LogP contribution in [0.25, 0.3) is 0 Å². The number of nitrogens with zero attached hydrogens (tertiary/aromatic N) is 2. The molecule has 24 heavy (non-hydrogen) atoms. The van der Waals surface area contributed by atoms with Crippen molar-refractivity contribution in [1.29, 1.82) is 0 Å². The molecule has 6 heteroatoms. The first kappa shape index (κ1) is 17.6. The van der Waals surface area contributed by atoms with E-state index in [0.29, 0.717) is 17.3 Å². The van der Waals surface area contributed by atoms with Gasteiger partial charge in [-0.25, -0.2) is 8.42 Å². The fraction of sp³-hybridized carbons (Fsp3) is 0.444. The van der Waals surface area contributed by atoms with Gasteiger partial charge in [-0.3, -0.25) is 4.90 Å². The first-order chi connectivity index (χ1) is 11.5. The molecule has 0 radical (unpaired) electrons. The normalized spacial score (nSPS) is 20.3. The molecule has 1 atom stereocenters. The average Bonchev–Trinajstić information content (AvgIpc) is 3.07. The Morgan fingerprint density at radius 2 is 1.88 bits per heavy atom. The van der Waals surface area contributed by atoms with E-state index < -0.39 is 10.0 Å². The van der Waals surface area contributed by atoms with Crippen LogP contribution < -0.4 is 0 Å². The minimum absolute atomic E-state index is 0.208. The molecule has 1 fully saturated rings. The molecular formula is C18H24N2O2S2. The Morgan fingerprint density at radius 3 is 2.50 bits per heavy atom. The van der Waals surface area contributed by atoms with Crippen LogP contribution in [0, 0.1) is 0 Å². The zero-order valence-corrected chi connectivity index (χ0v) is 15.8. The van der Waals surface area contributed by atoms with Gasteiger partial charge in [-0.2, -0.15) is 4.31 Å². The Morgan fingerprint density at radius 1 is 1.12 bits per heavy atom. The van der Waals surface area contributed by atoms with Crippen molar-refractivity contribution < 1.29 is 8.42 Å². The summed E-state index contributed by atoms with van der Waals surface area (Å²) in [6.45, 7) is 6.90. The molecule has 0 amide bonds. The summed E-state index contributed by atoms with van der Waals surface area (Å²) in [5.74, 6) is 0. The van der Waals surface area contributed by atoms with E-state index in [1.807, 2.05) is 31.2 Å². The Kier molecular flexibility index (Phi) is 5.39. The standard InChI is InChI=1S/C18H24N2O2S2/c1-3-17-9-10-18(23-17)24(21,22)20-12-11-19(15(2)13-20)14-16-7-5-4-6-8-16/h4-10,15H,3,11-14H2,1-2H3. The summed E-state index contributed by atoms with van der Waals surface area (Å²) in [4.78, 5) is 3.47. The van der Waals surface area contributed by atoms with Gasteiger partial charge in [-0.1, -0.05) is 37.3 Å². The van der Waals surface area contributed by atoms with Crippen molar-refractivity contribution in [2.45, 2.75) is 37.1 Å². The molecule has 1 unspecified atom stereocenters. The zero-order chi connectivity index (χ0) is 17.2. The van der Waals surface area contributed by atoms with Crippen molar-refractivity contribution in [3.8, 4) is 0 Å². The predicted octanol–water partition coefficient (Wildman–Crippen LogP) is 3.21. The molecule has 1 saturated heterocycles. The third-order valence-corrected chi connectivity index (χ3v) is 8.10. The molecule has 2 aromatic rings. The highest BCUT2D eigenvalue weighted by molar-refractivity contribution is 7.91. The lowest BCUT2D eigenvalue weighted by Gasteiger charge is -2.39. The fourth-order valence-electron chi connectivity index (χ4n) is 3.05.